The first-order valence-corrected chi connectivity index (χ1v) is 8.65. The van der Waals surface area contributed by atoms with Crippen LogP contribution >= 0.6 is 11.5 Å². The van der Waals surface area contributed by atoms with Gasteiger partial charge in [-0.1, -0.05) is 37.3 Å². The summed E-state index contributed by atoms with van der Waals surface area (Å²) in [5.41, 5.74) is 0.886. The number of ether oxygens (including phenoxy) is 1. The summed E-state index contributed by atoms with van der Waals surface area (Å²) in [5, 5.41) is 1.53. The van der Waals surface area contributed by atoms with Crippen LogP contribution in [0.15, 0.2) is 53.9 Å². The number of benzene rings is 2. The number of rotatable bonds is 4. The Morgan fingerprint density at radius 3 is 2.50 bits per heavy atom. The van der Waals surface area contributed by atoms with Crippen LogP contribution in [0, 0.1) is 0 Å². The van der Waals surface area contributed by atoms with E-state index in [1.165, 1.54) is 11.4 Å². The van der Waals surface area contributed by atoms with Gasteiger partial charge in [0.2, 0.25) is 0 Å². The van der Waals surface area contributed by atoms with Crippen molar-refractivity contribution in [1.29, 1.82) is 0 Å². The Morgan fingerprint density at radius 1 is 1.12 bits per heavy atom. The molecule has 3 nitrogen and oxygen atoms in total. The van der Waals surface area contributed by atoms with Crippen LogP contribution in [0.5, 0.6) is 5.75 Å². The number of hydrogen-bond donors (Lipinski definition) is 0. The maximum absolute atomic E-state index is 13.2. The lowest BCUT2D eigenvalue weighted by atomic mass is 10.0. The van der Waals surface area contributed by atoms with Crippen molar-refractivity contribution in [3.8, 4) is 16.9 Å². The Hall–Kier alpha value is -2.67. The number of carbonyl (C=O) groups excluding carboxylic acids is 1. The molecular formula is C19H14F3NO2S. The summed E-state index contributed by atoms with van der Waals surface area (Å²) in [6, 6.07) is 11.9. The molecule has 0 saturated carbocycles. The molecule has 3 aromatic rings. The molecule has 0 atom stereocenters. The van der Waals surface area contributed by atoms with Gasteiger partial charge in [0.05, 0.1) is 16.8 Å². The van der Waals surface area contributed by atoms with Crippen molar-refractivity contribution < 1.29 is 22.7 Å². The summed E-state index contributed by atoms with van der Waals surface area (Å²) in [4.78, 5) is 12.3. The first kappa shape index (κ1) is 18.1. The molecular weight excluding hydrogens is 363 g/mol. The Kier molecular flexibility index (Phi) is 5.08. The summed E-state index contributed by atoms with van der Waals surface area (Å²) in [5.74, 6) is -0.870. The van der Waals surface area contributed by atoms with Crippen LogP contribution in [0.3, 0.4) is 0 Å². The molecule has 1 aromatic heterocycles. The van der Waals surface area contributed by atoms with Crippen LogP contribution < -0.4 is 4.74 Å². The minimum atomic E-state index is -4.55. The zero-order valence-electron chi connectivity index (χ0n) is 13.7. The van der Waals surface area contributed by atoms with Crippen LogP contribution in [0.2, 0.25) is 0 Å². The first-order valence-electron chi connectivity index (χ1n) is 7.81. The second-order valence-corrected chi connectivity index (χ2v) is 6.16. The quantitative estimate of drug-likeness (QED) is 0.438. The van der Waals surface area contributed by atoms with Gasteiger partial charge >= 0.3 is 12.1 Å². The van der Waals surface area contributed by atoms with Gasteiger partial charge in [-0.2, -0.15) is 17.5 Å². The minimum Gasteiger partial charge on any atom is -0.423 e. The lowest BCUT2D eigenvalue weighted by Gasteiger charge is -2.12. The molecule has 0 unspecified atom stereocenters. The van der Waals surface area contributed by atoms with Gasteiger partial charge in [-0.3, -0.25) is 0 Å². The zero-order chi connectivity index (χ0) is 18.7. The van der Waals surface area contributed by atoms with E-state index < -0.39 is 17.7 Å². The number of aryl methyl sites for hydroxylation is 1. The molecule has 0 bridgehead atoms. The molecule has 7 heteroatoms. The number of aromatic nitrogens is 1. The highest BCUT2D eigenvalue weighted by Gasteiger charge is 2.32. The third kappa shape index (κ3) is 3.94. The summed E-state index contributed by atoms with van der Waals surface area (Å²) in [6.45, 7) is 1.84. The van der Waals surface area contributed by atoms with E-state index in [2.05, 4.69) is 4.37 Å². The molecule has 0 amide bonds. The fourth-order valence-electron chi connectivity index (χ4n) is 2.46. The van der Waals surface area contributed by atoms with Gasteiger partial charge in [0, 0.05) is 5.38 Å². The van der Waals surface area contributed by atoms with Crippen LogP contribution in [-0.2, 0) is 12.6 Å². The predicted octanol–water partition coefficient (Wildman–Crippen LogP) is 5.61. The summed E-state index contributed by atoms with van der Waals surface area (Å²) in [7, 11) is 0. The number of hydrogen-bond acceptors (Lipinski definition) is 4. The standard InChI is InChI=1S/C19H14F3NO2S/c1-2-17-16(11-26-23-17)18(24)25-15-9-13(12-6-4-3-5-7-12)8-14(10-15)19(20,21)22/h3-11H,2H2,1H3. The monoisotopic (exact) mass is 377 g/mol. The Balaban J connectivity index is 2.00. The van der Waals surface area contributed by atoms with Crippen molar-refractivity contribution in [2.75, 3.05) is 0 Å². The van der Waals surface area contributed by atoms with Gasteiger partial charge in [0.25, 0.3) is 0 Å². The molecule has 0 spiro atoms. The highest BCUT2D eigenvalue weighted by atomic mass is 32.1. The average Bonchev–Trinajstić information content (AvgIpc) is 3.10. The Bertz CT molecular complexity index is 920. The topological polar surface area (TPSA) is 39.2 Å². The molecule has 0 N–H and O–H groups in total. The van der Waals surface area contributed by atoms with Crippen molar-refractivity contribution in [3.05, 3.63) is 70.7 Å². The molecule has 0 aliphatic rings. The average molecular weight is 377 g/mol. The number of esters is 1. The summed E-state index contributed by atoms with van der Waals surface area (Å²) < 4.78 is 49.0. The van der Waals surface area contributed by atoms with E-state index in [1.54, 1.807) is 30.3 Å². The first-order chi connectivity index (χ1) is 12.4. The molecule has 1 heterocycles. The van der Waals surface area contributed by atoms with Crippen molar-refractivity contribution >= 4 is 17.5 Å². The molecule has 26 heavy (non-hydrogen) atoms. The zero-order valence-corrected chi connectivity index (χ0v) is 14.5. The Labute approximate surface area is 152 Å². The van der Waals surface area contributed by atoms with Gasteiger partial charge in [-0.05, 0) is 47.3 Å². The summed E-state index contributed by atoms with van der Waals surface area (Å²) in [6.07, 6.45) is -4.02. The number of carbonyl (C=O) groups is 1. The van der Waals surface area contributed by atoms with Crippen molar-refractivity contribution in [2.45, 2.75) is 19.5 Å². The largest absolute Gasteiger partial charge is 0.423 e. The fraction of sp³-hybridized carbons (Fsp3) is 0.158. The molecule has 134 valence electrons. The van der Waals surface area contributed by atoms with E-state index in [1.807, 2.05) is 6.92 Å². The number of nitrogens with zero attached hydrogens (tertiary/aromatic N) is 1. The molecule has 0 aliphatic carbocycles. The smallest absolute Gasteiger partial charge is 0.416 e. The lowest BCUT2D eigenvalue weighted by molar-refractivity contribution is -0.137. The van der Waals surface area contributed by atoms with E-state index in [-0.39, 0.29) is 11.3 Å². The normalized spacial score (nSPS) is 11.4. The van der Waals surface area contributed by atoms with Gasteiger partial charge in [0.1, 0.15) is 5.75 Å². The second kappa shape index (κ2) is 7.29. The molecule has 0 saturated heterocycles. The van der Waals surface area contributed by atoms with Crippen LogP contribution in [0.1, 0.15) is 28.5 Å². The summed E-state index contributed by atoms with van der Waals surface area (Å²) >= 11 is 1.11. The van der Waals surface area contributed by atoms with Gasteiger partial charge in [-0.25, -0.2) is 4.79 Å². The SMILES string of the molecule is CCc1nscc1C(=O)Oc1cc(-c2ccccc2)cc(C(F)(F)F)c1. The third-order valence-electron chi connectivity index (χ3n) is 3.75. The predicted molar refractivity (Wildman–Crippen MR) is 93.3 cm³/mol. The molecule has 0 fully saturated rings. The highest BCUT2D eigenvalue weighted by molar-refractivity contribution is 7.03. The molecule has 3 rings (SSSR count). The molecule has 0 aliphatic heterocycles. The van der Waals surface area contributed by atoms with Crippen LogP contribution in [0.25, 0.3) is 11.1 Å². The second-order valence-electron chi connectivity index (χ2n) is 5.53. The highest BCUT2D eigenvalue weighted by Crippen LogP contribution is 2.36. The van der Waals surface area contributed by atoms with Crippen molar-refractivity contribution in [1.82, 2.24) is 4.37 Å². The number of alkyl halides is 3. The lowest BCUT2D eigenvalue weighted by Crippen LogP contribution is -2.11. The fourth-order valence-corrected chi connectivity index (χ4v) is 3.21. The third-order valence-corrected chi connectivity index (χ3v) is 4.42. The van der Waals surface area contributed by atoms with E-state index in [0.717, 1.165) is 23.7 Å². The van der Waals surface area contributed by atoms with E-state index in [0.29, 0.717) is 23.2 Å². The maximum atomic E-state index is 13.2. The molecule has 0 radical (unpaired) electrons. The molecule has 2 aromatic carbocycles. The van der Waals surface area contributed by atoms with E-state index in [9.17, 15) is 18.0 Å². The van der Waals surface area contributed by atoms with Crippen LogP contribution in [0.4, 0.5) is 13.2 Å². The van der Waals surface area contributed by atoms with Gasteiger partial charge < -0.3 is 4.74 Å². The maximum Gasteiger partial charge on any atom is 0.416 e. The van der Waals surface area contributed by atoms with Crippen molar-refractivity contribution in [2.24, 2.45) is 0 Å². The van der Waals surface area contributed by atoms with Crippen molar-refractivity contribution in [3.63, 3.8) is 0 Å². The van der Waals surface area contributed by atoms with Gasteiger partial charge in [0.15, 0.2) is 0 Å². The minimum absolute atomic E-state index is 0.156. The van der Waals surface area contributed by atoms with E-state index >= 15 is 0 Å². The van der Waals surface area contributed by atoms with Crippen LogP contribution in [-0.4, -0.2) is 10.3 Å². The van der Waals surface area contributed by atoms with Gasteiger partial charge in [-0.15, -0.1) is 0 Å². The Morgan fingerprint density at radius 2 is 1.85 bits per heavy atom. The van der Waals surface area contributed by atoms with E-state index in [4.69, 9.17) is 4.74 Å². The number of halogens is 3.